The summed E-state index contributed by atoms with van der Waals surface area (Å²) in [6.07, 6.45) is 1.03. The van der Waals surface area contributed by atoms with Gasteiger partial charge in [-0.15, -0.1) is 0 Å². The van der Waals surface area contributed by atoms with Gasteiger partial charge in [-0.05, 0) is 93.2 Å². The van der Waals surface area contributed by atoms with E-state index in [1.165, 1.54) is 38.9 Å². The molecule has 5 aromatic carbocycles. The quantitative estimate of drug-likeness (QED) is 0.250. The van der Waals surface area contributed by atoms with Gasteiger partial charge in [0.1, 0.15) is 0 Å². The minimum atomic E-state index is 0.147. The van der Waals surface area contributed by atoms with Crippen LogP contribution < -0.4 is 4.90 Å². The number of nitrogens with zero attached hydrogens (tertiary/aromatic N) is 1. The normalized spacial score (nSPS) is 12.2. The fraction of sp³-hybridized carbons (Fsp3) is 0.143. The molecule has 5 aromatic rings. The predicted molar refractivity (Wildman–Crippen MR) is 154 cm³/mol. The Bertz CT molecular complexity index is 1470. The maximum atomic E-state index is 2.41. The zero-order chi connectivity index (χ0) is 24.7. The molecule has 1 aliphatic carbocycles. The second-order valence-corrected chi connectivity index (χ2v) is 10.7. The summed E-state index contributed by atoms with van der Waals surface area (Å²) in [6, 6.07) is 44.1. The van der Waals surface area contributed by atoms with E-state index in [-0.39, 0.29) is 5.41 Å². The lowest BCUT2D eigenvalue weighted by atomic mass is 9.85. The smallest absolute Gasteiger partial charge is 0.0462 e. The van der Waals surface area contributed by atoms with E-state index in [4.69, 9.17) is 0 Å². The Morgan fingerprint density at radius 1 is 0.500 bits per heavy atom. The van der Waals surface area contributed by atoms with Crippen molar-refractivity contribution in [3.05, 3.63) is 138 Å². The fourth-order valence-corrected chi connectivity index (χ4v) is 5.22. The van der Waals surface area contributed by atoms with E-state index in [0.29, 0.717) is 0 Å². The van der Waals surface area contributed by atoms with Gasteiger partial charge in [0.05, 0.1) is 0 Å². The third-order valence-corrected chi connectivity index (χ3v) is 7.24. The molecule has 0 bridgehead atoms. The van der Waals surface area contributed by atoms with Crippen molar-refractivity contribution in [2.45, 2.75) is 32.6 Å². The molecule has 0 unspecified atom stereocenters. The van der Waals surface area contributed by atoms with Crippen LogP contribution in [0.1, 0.15) is 37.5 Å². The zero-order valence-corrected chi connectivity index (χ0v) is 21.2. The summed E-state index contributed by atoms with van der Waals surface area (Å²) in [7, 11) is 0. The van der Waals surface area contributed by atoms with Gasteiger partial charge in [-0.3, -0.25) is 0 Å². The molecule has 1 heteroatoms. The SMILES string of the molecule is CC(C)(C)c1ccc2c(c1)-c1cc(-c3ccc(N(c4ccccc4)c4ccccc4)cc3)ccc1C2. The van der Waals surface area contributed by atoms with Gasteiger partial charge >= 0.3 is 0 Å². The van der Waals surface area contributed by atoms with Gasteiger partial charge in [0, 0.05) is 17.1 Å². The van der Waals surface area contributed by atoms with Crippen molar-refractivity contribution in [2.75, 3.05) is 4.90 Å². The Morgan fingerprint density at radius 2 is 1.00 bits per heavy atom. The number of benzene rings is 5. The first-order valence-electron chi connectivity index (χ1n) is 12.7. The monoisotopic (exact) mass is 465 g/mol. The van der Waals surface area contributed by atoms with Crippen LogP contribution in [0.4, 0.5) is 17.1 Å². The van der Waals surface area contributed by atoms with Crippen LogP contribution in [-0.2, 0) is 11.8 Å². The first-order valence-corrected chi connectivity index (χ1v) is 12.7. The van der Waals surface area contributed by atoms with Crippen LogP contribution in [0.3, 0.4) is 0 Å². The van der Waals surface area contributed by atoms with Crippen molar-refractivity contribution in [3.8, 4) is 22.3 Å². The first kappa shape index (κ1) is 22.4. The molecule has 36 heavy (non-hydrogen) atoms. The highest BCUT2D eigenvalue weighted by molar-refractivity contribution is 5.83. The summed E-state index contributed by atoms with van der Waals surface area (Å²) in [5.74, 6) is 0. The molecule has 1 nitrogen and oxygen atoms in total. The number of rotatable bonds is 4. The molecule has 0 aromatic heterocycles. The van der Waals surface area contributed by atoms with Gasteiger partial charge in [-0.1, -0.05) is 99.6 Å². The average molecular weight is 466 g/mol. The maximum absolute atomic E-state index is 2.41. The number of para-hydroxylation sites is 2. The molecule has 176 valence electrons. The summed E-state index contributed by atoms with van der Waals surface area (Å²) in [4.78, 5) is 2.30. The number of fused-ring (bicyclic) bond motifs is 3. The minimum Gasteiger partial charge on any atom is -0.311 e. The minimum absolute atomic E-state index is 0.147. The second-order valence-electron chi connectivity index (χ2n) is 10.7. The van der Waals surface area contributed by atoms with E-state index in [9.17, 15) is 0 Å². The van der Waals surface area contributed by atoms with Crippen molar-refractivity contribution in [3.63, 3.8) is 0 Å². The maximum Gasteiger partial charge on any atom is 0.0462 e. The lowest BCUT2D eigenvalue weighted by molar-refractivity contribution is 0.590. The van der Waals surface area contributed by atoms with Crippen LogP contribution >= 0.6 is 0 Å². The highest BCUT2D eigenvalue weighted by atomic mass is 15.1. The van der Waals surface area contributed by atoms with E-state index in [2.05, 4.69) is 147 Å². The highest BCUT2D eigenvalue weighted by Gasteiger charge is 2.22. The topological polar surface area (TPSA) is 3.24 Å². The molecule has 0 spiro atoms. The molecule has 0 saturated carbocycles. The van der Waals surface area contributed by atoms with Crippen LogP contribution in [0.25, 0.3) is 22.3 Å². The van der Waals surface area contributed by atoms with Gasteiger partial charge < -0.3 is 4.90 Å². The molecule has 0 N–H and O–H groups in total. The van der Waals surface area contributed by atoms with Gasteiger partial charge in [0.25, 0.3) is 0 Å². The van der Waals surface area contributed by atoms with Crippen molar-refractivity contribution >= 4 is 17.1 Å². The summed E-state index contributed by atoms with van der Waals surface area (Å²) in [6.45, 7) is 6.87. The van der Waals surface area contributed by atoms with Crippen molar-refractivity contribution < 1.29 is 0 Å². The number of hydrogen-bond donors (Lipinski definition) is 0. The van der Waals surface area contributed by atoms with Gasteiger partial charge in [-0.25, -0.2) is 0 Å². The highest BCUT2D eigenvalue weighted by Crippen LogP contribution is 2.41. The second kappa shape index (κ2) is 8.84. The summed E-state index contributed by atoms with van der Waals surface area (Å²) in [5.41, 5.74) is 13.1. The molecule has 0 heterocycles. The molecular formula is C35H31N. The molecule has 0 atom stereocenters. The van der Waals surface area contributed by atoms with E-state index in [0.717, 1.165) is 23.5 Å². The third kappa shape index (κ3) is 4.12. The summed E-state index contributed by atoms with van der Waals surface area (Å²) in [5, 5.41) is 0. The Morgan fingerprint density at radius 3 is 1.58 bits per heavy atom. The molecule has 0 aliphatic heterocycles. The summed E-state index contributed by atoms with van der Waals surface area (Å²) >= 11 is 0. The lowest BCUT2D eigenvalue weighted by Crippen LogP contribution is -2.10. The molecule has 1 aliphatic rings. The summed E-state index contributed by atoms with van der Waals surface area (Å²) < 4.78 is 0. The molecule has 6 rings (SSSR count). The standard InChI is InChI=1S/C35H31N/c1-35(2,3)29-19-16-28-22-27-15-14-26(23-33(27)34(28)24-29)25-17-20-32(21-18-25)36(30-10-6-4-7-11-30)31-12-8-5-9-13-31/h4-21,23-24H,22H2,1-3H3. The fourth-order valence-electron chi connectivity index (χ4n) is 5.22. The average Bonchev–Trinajstić information content (AvgIpc) is 3.27. The van der Waals surface area contributed by atoms with E-state index in [1.807, 2.05) is 0 Å². The lowest BCUT2D eigenvalue weighted by Gasteiger charge is -2.25. The van der Waals surface area contributed by atoms with Crippen molar-refractivity contribution in [1.29, 1.82) is 0 Å². The van der Waals surface area contributed by atoms with Gasteiger partial charge in [0.15, 0.2) is 0 Å². The molecule has 0 saturated heterocycles. The van der Waals surface area contributed by atoms with Crippen LogP contribution in [0.15, 0.2) is 121 Å². The van der Waals surface area contributed by atoms with E-state index < -0.39 is 0 Å². The van der Waals surface area contributed by atoms with Crippen LogP contribution in [-0.4, -0.2) is 0 Å². The van der Waals surface area contributed by atoms with Gasteiger partial charge in [-0.2, -0.15) is 0 Å². The van der Waals surface area contributed by atoms with E-state index in [1.54, 1.807) is 0 Å². The van der Waals surface area contributed by atoms with Crippen LogP contribution in [0.2, 0.25) is 0 Å². The van der Waals surface area contributed by atoms with Crippen LogP contribution in [0, 0.1) is 0 Å². The van der Waals surface area contributed by atoms with Crippen LogP contribution in [0.5, 0.6) is 0 Å². The van der Waals surface area contributed by atoms with Crippen molar-refractivity contribution in [1.82, 2.24) is 0 Å². The zero-order valence-electron chi connectivity index (χ0n) is 21.2. The Labute approximate surface area is 214 Å². The Hall–Kier alpha value is -4.10. The third-order valence-electron chi connectivity index (χ3n) is 7.24. The molecule has 0 radical (unpaired) electrons. The van der Waals surface area contributed by atoms with Gasteiger partial charge in [0.2, 0.25) is 0 Å². The predicted octanol–water partition coefficient (Wildman–Crippen LogP) is 9.69. The molecular weight excluding hydrogens is 434 g/mol. The molecule has 0 amide bonds. The van der Waals surface area contributed by atoms with E-state index >= 15 is 0 Å². The Kier molecular flexibility index (Phi) is 5.49. The number of hydrogen-bond acceptors (Lipinski definition) is 1. The Balaban J connectivity index is 1.36. The van der Waals surface area contributed by atoms with Crippen molar-refractivity contribution in [2.24, 2.45) is 0 Å². The largest absolute Gasteiger partial charge is 0.311 e. The molecule has 0 fully saturated rings. The first-order chi connectivity index (χ1) is 17.5. The number of anilines is 3.